The predicted octanol–water partition coefficient (Wildman–Crippen LogP) is 13.7. The molecule has 0 unspecified atom stereocenters. The minimum Gasteiger partial charge on any atom is -0.457 e. The van der Waals surface area contributed by atoms with Crippen LogP contribution in [0.5, 0.6) is 0 Å². The van der Waals surface area contributed by atoms with Gasteiger partial charge >= 0.3 is 0 Å². The number of hydrogen-bond donors (Lipinski definition) is 0. The molecule has 5 aromatic heterocycles. The number of furan rings is 1. The molecule has 0 spiro atoms. The Morgan fingerprint density at radius 3 is 2.02 bits per heavy atom. The monoisotopic (exact) mass is 767 g/mol. The first-order valence-corrected chi connectivity index (χ1v) is 20.2. The van der Waals surface area contributed by atoms with Crippen LogP contribution in [0.25, 0.3) is 114 Å². The van der Waals surface area contributed by atoms with Gasteiger partial charge in [0.05, 0.1) is 15.9 Å². The van der Waals surface area contributed by atoms with Crippen LogP contribution in [0, 0.1) is 0 Å². The second-order valence-electron chi connectivity index (χ2n) is 13.7. The molecule has 5 heterocycles. The summed E-state index contributed by atoms with van der Waals surface area (Å²) in [5, 5.41) is 4.38. The normalized spacial score (nSPS) is 11.9. The molecule has 6 nitrogen and oxygen atoms in total. The Kier molecular flexibility index (Phi) is 7.91. The molecule has 0 atom stereocenters. The zero-order valence-corrected chi connectivity index (χ0v) is 31.9. The number of thiophene rings is 2. The molecule has 0 amide bonds. The van der Waals surface area contributed by atoms with E-state index in [0.717, 1.165) is 81.3 Å². The van der Waals surface area contributed by atoms with Crippen molar-refractivity contribution in [1.29, 1.82) is 0 Å². The third-order valence-corrected chi connectivity index (χ3v) is 12.4. The third-order valence-electron chi connectivity index (χ3n) is 10.1. The van der Waals surface area contributed by atoms with Crippen molar-refractivity contribution < 1.29 is 4.42 Å². The second kappa shape index (κ2) is 13.6. The van der Waals surface area contributed by atoms with Crippen LogP contribution in [-0.2, 0) is 0 Å². The van der Waals surface area contributed by atoms with Gasteiger partial charge in [-0.2, -0.15) is 0 Å². The van der Waals surface area contributed by atoms with Gasteiger partial charge in [-0.1, -0.05) is 122 Å². The summed E-state index contributed by atoms with van der Waals surface area (Å²) < 4.78 is 10.8. The van der Waals surface area contributed by atoms with E-state index < -0.39 is 0 Å². The minimum absolute atomic E-state index is 0.578. The van der Waals surface area contributed by atoms with Crippen molar-refractivity contribution in [3.8, 4) is 56.8 Å². The second-order valence-corrected chi connectivity index (χ2v) is 15.8. The number of rotatable bonds is 7. The van der Waals surface area contributed by atoms with Crippen LogP contribution in [0.3, 0.4) is 0 Å². The summed E-state index contributed by atoms with van der Waals surface area (Å²) in [6, 6.07) is 49.9. The van der Waals surface area contributed by atoms with Gasteiger partial charge in [0.1, 0.15) is 11.3 Å². The molecule has 0 saturated carbocycles. The summed E-state index contributed by atoms with van der Waals surface area (Å²) in [4.78, 5) is 25.6. The molecule has 11 rings (SSSR count). The fourth-order valence-corrected chi connectivity index (χ4v) is 9.71. The molecule has 57 heavy (non-hydrogen) atoms. The summed E-state index contributed by atoms with van der Waals surface area (Å²) >= 11 is 3.51. The zero-order valence-electron chi connectivity index (χ0n) is 30.3. The molecule has 0 aliphatic heterocycles. The van der Waals surface area contributed by atoms with E-state index in [4.69, 9.17) is 29.3 Å². The summed E-state index contributed by atoms with van der Waals surface area (Å²) in [5.41, 5.74) is 7.46. The predicted molar refractivity (Wildman–Crippen MR) is 237 cm³/mol. The molecule has 0 radical (unpaired) electrons. The van der Waals surface area contributed by atoms with E-state index in [2.05, 4.69) is 91.5 Å². The van der Waals surface area contributed by atoms with Gasteiger partial charge in [0.15, 0.2) is 23.3 Å². The molecule has 0 bridgehead atoms. The quantitative estimate of drug-likeness (QED) is 0.150. The van der Waals surface area contributed by atoms with Crippen LogP contribution < -0.4 is 0 Å². The molecule has 0 saturated heterocycles. The Morgan fingerprint density at radius 2 is 1.18 bits per heavy atom. The highest BCUT2D eigenvalue weighted by atomic mass is 32.1. The lowest BCUT2D eigenvalue weighted by atomic mass is 10.1. The molecule has 268 valence electrons. The van der Waals surface area contributed by atoms with Crippen molar-refractivity contribution in [2.24, 2.45) is 0 Å². The first-order chi connectivity index (χ1) is 28.2. The summed E-state index contributed by atoms with van der Waals surface area (Å²) in [7, 11) is 0. The Labute approximate surface area is 334 Å². The molecular formula is C49H29N5OS2. The highest BCUT2D eigenvalue weighted by molar-refractivity contribution is 7.26. The average molecular weight is 768 g/mol. The Balaban J connectivity index is 1.04. The first kappa shape index (κ1) is 33.2. The summed E-state index contributed by atoms with van der Waals surface area (Å²) in [6.45, 7) is 3.79. The largest absolute Gasteiger partial charge is 0.457 e. The van der Waals surface area contributed by atoms with Crippen LogP contribution in [-0.4, -0.2) is 24.9 Å². The summed E-state index contributed by atoms with van der Waals surface area (Å²) in [6.07, 6.45) is 5.49. The van der Waals surface area contributed by atoms with Gasteiger partial charge < -0.3 is 4.42 Å². The van der Waals surface area contributed by atoms with E-state index in [1.165, 1.54) is 9.40 Å². The minimum atomic E-state index is 0.578. The standard InChI is InChI=1S/C49H29N5OS2/c1-2-3-17-33-28-37-35(19-12-20-39(37)55-33)49-53-46(30-15-8-5-9-16-30)52-48(54-49)31-23-25-41-38(26-31)34-24-22-32(27-42(34)56-41)47-50-43(29-13-6-4-7-14-29)45-44(51-47)36-18-10-11-21-40(36)57-45/h2-28H,1H2/b17-3-. The number of fused-ring (bicyclic) bond motifs is 7. The van der Waals surface area contributed by atoms with Gasteiger partial charge in [0.2, 0.25) is 0 Å². The zero-order chi connectivity index (χ0) is 37.9. The van der Waals surface area contributed by atoms with Crippen LogP contribution in [0.4, 0.5) is 0 Å². The van der Waals surface area contributed by atoms with Crippen molar-refractivity contribution in [3.63, 3.8) is 0 Å². The van der Waals surface area contributed by atoms with Gasteiger partial charge in [-0.25, -0.2) is 24.9 Å². The maximum atomic E-state index is 6.13. The third kappa shape index (κ3) is 5.82. The average Bonchev–Trinajstić information content (AvgIpc) is 3.98. The maximum absolute atomic E-state index is 6.13. The molecule has 11 aromatic rings. The number of allylic oxidation sites excluding steroid dienone is 2. The smallest absolute Gasteiger partial charge is 0.164 e. The molecule has 6 aromatic carbocycles. The van der Waals surface area contributed by atoms with Crippen LogP contribution >= 0.6 is 22.7 Å². The Morgan fingerprint density at radius 1 is 0.474 bits per heavy atom. The van der Waals surface area contributed by atoms with Gasteiger partial charge in [-0.15, -0.1) is 22.7 Å². The Bertz CT molecular complexity index is 3380. The fourth-order valence-electron chi connectivity index (χ4n) is 7.43. The summed E-state index contributed by atoms with van der Waals surface area (Å²) in [5.74, 6) is 3.23. The fraction of sp³-hybridized carbons (Fsp3) is 0. The van der Waals surface area contributed by atoms with E-state index in [1.54, 1.807) is 28.7 Å². The van der Waals surface area contributed by atoms with E-state index in [0.29, 0.717) is 23.3 Å². The van der Waals surface area contributed by atoms with Gasteiger partial charge in [-0.05, 0) is 48.5 Å². The lowest BCUT2D eigenvalue weighted by molar-refractivity contribution is 0.604. The van der Waals surface area contributed by atoms with E-state index >= 15 is 0 Å². The van der Waals surface area contributed by atoms with Gasteiger partial charge in [-0.3, -0.25) is 0 Å². The van der Waals surface area contributed by atoms with Crippen molar-refractivity contribution >= 4 is 80.2 Å². The van der Waals surface area contributed by atoms with Crippen molar-refractivity contribution in [2.75, 3.05) is 0 Å². The van der Waals surface area contributed by atoms with E-state index in [9.17, 15) is 0 Å². The Hall–Kier alpha value is -7.13. The molecule has 0 fully saturated rings. The number of benzene rings is 6. The van der Waals surface area contributed by atoms with Crippen molar-refractivity contribution in [2.45, 2.75) is 0 Å². The van der Waals surface area contributed by atoms with Crippen LogP contribution in [0.15, 0.2) is 169 Å². The van der Waals surface area contributed by atoms with Gasteiger partial charge in [0, 0.05) is 63.5 Å². The number of aromatic nitrogens is 5. The molecular weight excluding hydrogens is 739 g/mol. The van der Waals surface area contributed by atoms with Crippen LogP contribution in [0.1, 0.15) is 5.76 Å². The van der Waals surface area contributed by atoms with E-state index in [-0.39, 0.29) is 0 Å². The van der Waals surface area contributed by atoms with E-state index in [1.807, 2.05) is 72.8 Å². The topological polar surface area (TPSA) is 77.6 Å². The highest BCUT2D eigenvalue weighted by Crippen LogP contribution is 2.42. The van der Waals surface area contributed by atoms with Crippen LogP contribution in [0.2, 0.25) is 0 Å². The molecule has 0 N–H and O–H groups in total. The lowest BCUT2D eigenvalue weighted by Crippen LogP contribution is -2.00. The van der Waals surface area contributed by atoms with Crippen molar-refractivity contribution in [1.82, 2.24) is 24.9 Å². The number of nitrogens with zero attached hydrogens (tertiary/aromatic N) is 5. The SMILES string of the molecule is C=C/C=C\c1cc2c(-c3nc(-c4ccccc4)nc(-c4ccc5sc6cc(-c7nc(-c8ccccc8)c8sc9ccccc9c8n7)ccc6c5c4)n3)cccc2o1. The lowest BCUT2D eigenvalue weighted by Gasteiger charge is -2.09. The maximum Gasteiger partial charge on any atom is 0.164 e. The van der Waals surface area contributed by atoms with Crippen molar-refractivity contribution in [3.05, 3.63) is 170 Å². The highest BCUT2D eigenvalue weighted by Gasteiger charge is 2.19. The first-order valence-electron chi connectivity index (χ1n) is 18.5. The molecule has 0 aliphatic rings. The number of hydrogen-bond acceptors (Lipinski definition) is 8. The molecule has 8 heteroatoms. The molecule has 0 aliphatic carbocycles. The van der Waals surface area contributed by atoms with Gasteiger partial charge in [0.25, 0.3) is 0 Å².